The summed E-state index contributed by atoms with van der Waals surface area (Å²) in [4.78, 5) is 21.5. The third kappa shape index (κ3) is 6.76. The van der Waals surface area contributed by atoms with Crippen LogP contribution < -0.4 is 15.8 Å². The van der Waals surface area contributed by atoms with Crippen molar-refractivity contribution in [3.63, 3.8) is 0 Å². The Bertz CT molecular complexity index is 1280. The summed E-state index contributed by atoms with van der Waals surface area (Å²) in [6.45, 7) is 7.42. The molecule has 2 aromatic rings. The highest BCUT2D eigenvalue weighted by Crippen LogP contribution is 2.44. The molecule has 1 aromatic carbocycles. The van der Waals surface area contributed by atoms with Crippen molar-refractivity contribution >= 4 is 67.5 Å². The third-order valence-corrected chi connectivity index (χ3v) is 9.17. The summed E-state index contributed by atoms with van der Waals surface area (Å²) in [5.74, 6) is 0.307. The first kappa shape index (κ1) is 29.8. The standard InChI is InChI=1S/C27H35BrCl2N6O3/c1-27(2,3)39-26(37)36-11-8-15(12-16(36)7-9-31)33-24-18-13-19(29)20(28)21(30)23(18)34-25(22(24)32)38-14-17-6-5-10-35(17)4/h13,15-17H,5-8,10-12,14,32H2,1-4H3,(H,33,34)/t15-,16+,17-/m0/s1. The fourth-order valence-corrected chi connectivity index (χ4v) is 5.98. The molecule has 3 N–H and O–H groups in total. The highest BCUT2D eigenvalue weighted by Gasteiger charge is 2.35. The van der Waals surface area contributed by atoms with Gasteiger partial charge in [0.15, 0.2) is 0 Å². The minimum atomic E-state index is -0.621. The van der Waals surface area contributed by atoms with E-state index in [2.05, 4.69) is 39.3 Å². The van der Waals surface area contributed by atoms with Gasteiger partial charge >= 0.3 is 6.09 Å². The zero-order valence-electron chi connectivity index (χ0n) is 22.7. The number of nitrogens with two attached hydrogens (primary N) is 1. The van der Waals surface area contributed by atoms with Crippen LogP contribution in [-0.4, -0.2) is 71.3 Å². The summed E-state index contributed by atoms with van der Waals surface area (Å²) in [6.07, 6.45) is 3.13. The van der Waals surface area contributed by atoms with Crippen molar-refractivity contribution < 1.29 is 14.3 Å². The van der Waals surface area contributed by atoms with Gasteiger partial charge in [0.05, 0.1) is 38.2 Å². The minimum absolute atomic E-state index is 0.0788. The summed E-state index contributed by atoms with van der Waals surface area (Å²) in [7, 11) is 2.09. The normalized spacial score (nSPS) is 22.1. The predicted octanol–water partition coefficient (Wildman–Crippen LogP) is 6.45. The number of nitrogens with zero attached hydrogens (tertiary/aromatic N) is 4. The van der Waals surface area contributed by atoms with Gasteiger partial charge in [-0.25, -0.2) is 9.78 Å². The van der Waals surface area contributed by atoms with Crippen molar-refractivity contribution in [2.75, 3.05) is 37.8 Å². The second-order valence-electron chi connectivity index (χ2n) is 11.2. The number of pyridine rings is 1. The number of carbonyl (C=O) groups is 1. The maximum Gasteiger partial charge on any atom is 0.410 e. The number of fused-ring (bicyclic) bond motifs is 1. The zero-order chi connectivity index (χ0) is 28.5. The van der Waals surface area contributed by atoms with Gasteiger partial charge in [0, 0.05) is 30.1 Å². The number of benzene rings is 1. The molecule has 0 spiro atoms. The number of likely N-dealkylation sites (N-methyl/N-ethyl adjacent to an activating group) is 1. The number of halogens is 3. The Kier molecular flexibility index (Phi) is 9.26. The molecule has 9 nitrogen and oxygen atoms in total. The highest BCUT2D eigenvalue weighted by atomic mass is 79.9. The maximum atomic E-state index is 12.8. The zero-order valence-corrected chi connectivity index (χ0v) is 25.8. The van der Waals surface area contributed by atoms with Crippen LogP contribution >= 0.6 is 39.1 Å². The summed E-state index contributed by atoms with van der Waals surface area (Å²) in [5, 5.41) is 14.5. The van der Waals surface area contributed by atoms with Gasteiger partial charge in [-0.3, -0.25) is 0 Å². The number of amides is 1. The van der Waals surface area contributed by atoms with E-state index in [0.717, 1.165) is 19.4 Å². The van der Waals surface area contributed by atoms with E-state index in [-0.39, 0.29) is 24.5 Å². The van der Waals surface area contributed by atoms with Gasteiger partial charge in [-0.2, -0.15) is 5.26 Å². The van der Waals surface area contributed by atoms with Gasteiger partial charge in [-0.15, -0.1) is 0 Å². The van der Waals surface area contributed by atoms with Crippen molar-refractivity contribution in [3.05, 3.63) is 20.6 Å². The van der Waals surface area contributed by atoms with E-state index in [4.69, 9.17) is 43.4 Å². The Labute approximate surface area is 248 Å². The number of anilines is 2. The molecule has 2 aliphatic heterocycles. The van der Waals surface area contributed by atoms with Gasteiger partial charge in [-0.1, -0.05) is 23.2 Å². The number of nitriles is 1. The van der Waals surface area contributed by atoms with Crippen LogP contribution in [0.3, 0.4) is 0 Å². The summed E-state index contributed by atoms with van der Waals surface area (Å²) in [5.41, 5.74) is 7.54. The van der Waals surface area contributed by atoms with E-state index in [0.29, 0.717) is 68.7 Å². The van der Waals surface area contributed by atoms with E-state index in [9.17, 15) is 10.1 Å². The molecular formula is C27H35BrCl2N6O3. The number of carbonyl (C=O) groups excluding carboxylic acids is 1. The lowest BCUT2D eigenvalue weighted by Crippen LogP contribution is -2.50. The number of piperidine rings is 1. The van der Waals surface area contributed by atoms with Crippen molar-refractivity contribution in [2.24, 2.45) is 0 Å². The van der Waals surface area contributed by atoms with E-state index in [1.165, 1.54) is 0 Å². The molecule has 2 saturated heterocycles. The molecule has 12 heteroatoms. The quantitative estimate of drug-likeness (QED) is 0.346. The smallest absolute Gasteiger partial charge is 0.410 e. The lowest BCUT2D eigenvalue weighted by molar-refractivity contribution is 0.00954. The summed E-state index contributed by atoms with van der Waals surface area (Å²) in [6, 6.07) is 3.89. The summed E-state index contributed by atoms with van der Waals surface area (Å²) < 4.78 is 12.3. The number of likely N-dealkylation sites (tertiary alicyclic amines) is 2. The SMILES string of the molecule is CN1CCC[C@H]1COc1nc2c(Cl)c(Br)c(Cl)cc2c(N[C@H]2CCN(C(=O)OC(C)(C)C)[C@H](CC#N)C2)c1N. The number of hydrogen-bond acceptors (Lipinski definition) is 8. The van der Waals surface area contributed by atoms with E-state index in [1.54, 1.807) is 11.0 Å². The van der Waals surface area contributed by atoms with Crippen LogP contribution in [0, 0.1) is 11.3 Å². The van der Waals surface area contributed by atoms with Crippen LogP contribution in [0.15, 0.2) is 10.5 Å². The lowest BCUT2D eigenvalue weighted by atomic mass is 9.95. The molecule has 0 saturated carbocycles. The molecule has 3 atom stereocenters. The van der Waals surface area contributed by atoms with Gasteiger partial charge in [0.2, 0.25) is 5.88 Å². The second-order valence-corrected chi connectivity index (χ2v) is 12.8. The van der Waals surface area contributed by atoms with Crippen LogP contribution in [0.4, 0.5) is 16.2 Å². The molecule has 3 heterocycles. The van der Waals surface area contributed by atoms with Gasteiger partial charge in [-0.05, 0) is 82.0 Å². The highest BCUT2D eigenvalue weighted by molar-refractivity contribution is 9.10. The largest absolute Gasteiger partial charge is 0.474 e. The summed E-state index contributed by atoms with van der Waals surface area (Å²) >= 11 is 16.6. The molecule has 39 heavy (non-hydrogen) atoms. The molecule has 2 fully saturated rings. The minimum Gasteiger partial charge on any atom is -0.474 e. The van der Waals surface area contributed by atoms with Gasteiger partial charge in [0.25, 0.3) is 0 Å². The number of rotatable bonds is 6. The van der Waals surface area contributed by atoms with Crippen molar-refractivity contribution in [1.29, 1.82) is 5.26 Å². The molecule has 4 rings (SSSR count). The fraction of sp³-hybridized carbons (Fsp3) is 0.593. The Morgan fingerprint density at radius 3 is 2.69 bits per heavy atom. The first-order chi connectivity index (χ1) is 18.4. The molecule has 1 aromatic heterocycles. The number of nitrogen functional groups attached to an aromatic ring is 1. The topological polar surface area (TPSA) is 117 Å². The second kappa shape index (κ2) is 12.1. The van der Waals surface area contributed by atoms with Crippen molar-refractivity contribution in [1.82, 2.24) is 14.8 Å². The number of aromatic nitrogens is 1. The number of ether oxygens (including phenoxy) is 2. The molecule has 0 aliphatic carbocycles. The van der Waals surface area contributed by atoms with E-state index >= 15 is 0 Å². The number of nitrogens with one attached hydrogen (secondary N) is 1. The average molecular weight is 642 g/mol. The molecule has 2 aliphatic rings. The molecule has 0 radical (unpaired) electrons. The Morgan fingerprint density at radius 2 is 2.05 bits per heavy atom. The first-order valence-electron chi connectivity index (χ1n) is 13.1. The first-order valence-corrected chi connectivity index (χ1v) is 14.7. The molecular weight excluding hydrogens is 607 g/mol. The fourth-order valence-electron chi connectivity index (χ4n) is 5.18. The van der Waals surface area contributed by atoms with Gasteiger partial charge < -0.3 is 30.3 Å². The Hall–Kier alpha value is -2.19. The van der Waals surface area contributed by atoms with Gasteiger partial charge in [0.1, 0.15) is 17.9 Å². The maximum absolute atomic E-state index is 12.8. The van der Waals surface area contributed by atoms with Crippen LogP contribution in [0.25, 0.3) is 10.9 Å². The Morgan fingerprint density at radius 1 is 1.31 bits per heavy atom. The molecule has 0 bridgehead atoms. The number of hydrogen-bond donors (Lipinski definition) is 2. The van der Waals surface area contributed by atoms with Crippen LogP contribution in [0.1, 0.15) is 52.9 Å². The lowest BCUT2D eigenvalue weighted by Gasteiger charge is -2.39. The van der Waals surface area contributed by atoms with Crippen molar-refractivity contribution in [3.8, 4) is 11.9 Å². The molecule has 1 amide bonds. The predicted molar refractivity (Wildman–Crippen MR) is 159 cm³/mol. The van der Waals surface area contributed by atoms with Crippen LogP contribution in [0.2, 0.25) is 10.0 Å². The Balaban J connectivity index is 1.64. The van der Waals surface area contributed by atoms with E-state index < -0.39 is 11.7 Å². The van der Waals surface area contributed by atoms with Crippen molar-refractivity contribution in [2.45, 2.75) is 76.6 Å². The van der Waals surface area contributed by atoms with Crippen LogP contribution in [-0.2, 0) is 4.74 Å². The third-order valence-electron chi connectivity index (χ3n) is 7.22. The average Bonchev–Trinajstić information content (AvgIpc) is 3.27. The molecule has 0 unspecified atom stereocenters. The monoisotopic (exact) mass is 640 g/mol. The van der Waals surface area contributed by atoms with E-state index in [1.807, 2.05) is 20.8 Å². The molecule has 212 valence electrons. The van der Waals surface area contributed by atoms with Crippen LogP contribution in [0.5, 0.6) is 5.88 Å².